The zero-order chi connectivity index (χ0) is 8.55. The molecule has 0 bridgehead atoms. The van der Waals surface area contributed by atoms with Crippen molar-refractivity contribution in [2.75, 3.05) is 5.75 Å². The molecular weight excluding hydrogens is 254 g/mol. The van der Waals surface area contributed by atoms with Crippen molar-refractivity contribution < 1.29 is 0 Å². The molecule has 0 radical (unpaired) electrons. The van der Waals surface area contributed by atoms with Gasteiger partial charge in [-0.15, -0.1) is 23.1 Å². The van der Waals surface area contributed by atoms with Crippen LogP contribution in [0.3, 0.4) is 0 Å². The standard InChI is InChI=1S/C8H10BrNS2/c1-5-4-12-8(10-5)7-6(9)2-3-11-7/h2-3,5,8,10H,4H2,1H3. The number of hydrogen-bond donors (Lipinski definition) is 1. The zero-order valence-corrected chi connectivity index (χ0v) is 9.93. The predicted molar refractivity (Wildman–Crippen MR) is 59.8 cm³/mol. The second kappa shape index (κ2) is 3.70. The summed E-state index contributed by atoms with van der Waals surface area (Å²) >= 11 is 7.36. The highest BCUT2D eigenvalue weighted by molar-refractivity contribution is 9.10. The number of thioether (sulfide) groups is 1. The van der Waals surface area contributed by atoms with E-state index in [-0.39, 0.29) is 0 Å². The molecule has 0 aliphatic carbocycles. The Morgan fingerprint density at radius 3 is 3.00 bits per heavy atom. The van der Waals surface area contributed by atoms with E-state index < -0.39 is 0 Å². The van der Waals surface area contributed by atoms with E-state index in [0.29, 0.717) is 11.4 Å². The molecule has 2 unspecified atom stereocenters. The van der Waals surface area contributed by atoms with Crippen LogP contribution in [0.2, 0.25) is 0 Å². The Bertz CT molecular complexity index is 274. The molecule has 12 heavy (non-hydrogen) atoms. The van der Waals surface area contributed by atoms with E-state index in [4.69, 9.17) is 0 Å². The molecule has 66 valence electrons. The Labute approximate surface area is 89.1 Å². The Hall–Kier alpha value is 0.490. The first kappa shape index (κ1) is 9.06. The predicted octanol–water partition coefficient (Wildman–Crippen LogP) is 3.23. The smallest absolute Gasteiger partial charge is 0.0896 e. The van der Waals surface area contributed by atoms with Gasteiger partial charge in [0.15, 0.2) is 0 Å². The van der Waals surface area contributed by atoms with Gasteiger partial charge < -0.3 is 0 Å². The third-order valence-corrected chi connectivity index (χ3v) is 5.31. The van der Waals surface area contributed by atoms with Gasteiger partial charge in [-0.05, 0) is 34.3 Å². The summed E-state index contributed by atoms with van der Waals surface area (Å²) in [6.07, 6.45) is 0. The maximum Gasteiger partial charge on any atom is 0.0896 e. The number of hydrogen-bond acceptors (Lipinski definition) is 3. The highest BCUT2D eigenvalue weighted by Gasteiger charge is 2.24. The van der Waals surface area contributed by atoms with Crippen LogP contribution < -0.4 is 5.32 Å². The highest BCUT2D eigenvalue weighted by atomic mass is 79.9. The van der Waals surface area contributed by atoms with Crippen molar-refractivity contribution in [3.8, 4) is 0 Å². The molecule has 1 aliphatic heterocycles. The average Bonchev–Trinajstić information content (AvgIpc) is 2.58. The van der Waals surface area contributed by atoms with Crippen molar-refractivity contribution in [2.45, 2.75) is 18.3 Å². The number of nitrogens with one attached hydrogen (secondary N) is 1. The van der Waals surface area contributed by atoms with Crippen molar-refractivity contribution in [3.05, 3.63) is 20.8 Å². The number of halogens is 1. The quantitative estimate of drug-likeness (QED) is 0.835. The normalized spacial score (nSPS) is 29.5. The molecule has 2 heterocycles. The molecule has 0 spiro atoms. The Balaban J connectivity index is 2.16. The molecule has 0 amide bonds. The highest BCUT2D eigenvalue weighted by Crippen LogP contribution is 2.39. The van der Waals surface area contributed by atoms with Crippen LogP contribution in [0.1, 0.15) is 17.2 Å². The van der Waals surface area contributed by atoms with Gasteiger partial charge in [0.25, 0.3) is 0 Å². The lowest BCUT2D eigenvalue weighted by atomic mass is 10.4. The first-order valence-corrected chi connectivity index (χ1v) is 6.60. The molecule has 2 rings (SSSR count). The topological polar surface area (TPSA) is 12.0 Å². The lowest BCUT2D eigenvalue weighted by Crippen LogP contribution is -2.21. The minimum Gasteiger partial charge on any atom is -0.298 e. The SMILES string of the molecule is CC1CSC(c2sccc2Br)N1. The summed E-state index contributed by atoms with van der Waals surface area (Å²) < 4.78 is 1.24. The van der Waals surface area contributed by atoms with Gasteiger partial charge in [-0.3, -0.25) is 5.32 Å². The molecule has 0 aromatic carbocycles. The fourth-order valence-electron chi connectivity index (χ4n) is 1.24. The van der Waals surface area contributed by atoms with Crippen LogP contribution in [-0.2, 0) is 0 Å². The molecule has 1 saturated heterocycles. The average molecular weight is 264 g/mol. The Morgan fingerprint density at radius 1 is 1.67 bits per heavy atom. The second-order valence-electron chi connectivity index (χ2n) is 2.91. The van der Waals surface area contributed by atoms with Gasteiger partial charge in [0.1, 0.15) is 0 Å². The van der Waals surface area contributed by atoms with E-state index in [2.05, 4.69) is 39.6 Å². The summed E-state index contributed by atoms with van der Waals surface area (Å²) in [5.41, 5.74) is 0. The van der Waals surface area contributed by atoms with E-state index in [9.17, 15) is 0 Å². The van der Waals surface area contributed by atoms with Gasteiger partial charge in [0.2, 0.25) is 0 Å². The zero-order valence-electron chi connectivity index (χ0n) is 6.71. The van der Waals surface area contributed by atoms with Gasteiger partial charge in [0.05, 0.1) is 5.37 Å². The fraction of sp³-hybridized carbons (Fsp3) is 0.500. The maximum atomic E-state index is 3.55. The van der Waals surface area contributed by atoms with Gasteiger partial charge in [-0.25, -0.2) is 0 Å². The lowest BCUT2D eigenvalue weighted by molar-refractivity contribution is 0.622. The maximum absolute atomic E-state index is 3.55. The van der Waals surface area contributed by atoms with Gasteiger partial charge >= 0.3 is 0 Å². The first-order valence-electron chi connectivity index (χ1n) is 3.88. The summed E-state index contributed by atoms with van der Waals surface area (Å²) in [4.78, 5) is 1.42. The molecule has 0 saturated carbocycles. The van der Waals surface area contributed by atoms with Crippen LogP contribution >= 0.6 is 39.0 Å². The molecule has 1 aromatic heterocycles. The van der Waals surface area contributed by atoms with Gasteiger partial charge in [-0.2, -0.15) is 0 Å². The van der Waals surface area contributed by atoms with Crippen molar-refractivity contribution in [3.63, 3.8) is 0 Å². The summed E-state index contributed by atoms with van der Waals surface area (Å²) in [6.45, 7) is 2.23. The van der Waals surface area contributed by atoms with E-state index in [1.807, 2.05) is 23.1 Å². The molecule has 1 aromatic rings. The van der Waals surface area contributed by atoms with Crippen LogP contribution in [-0.4, -0.2) is 11.8 Å². The summed E-state index contributed by atoms with van der Waals surface area (Å²) in [6, 6.07) is 2.76. The number of rotatable bonds is 1. The first-order chi connectivity index (χ1) is 5.77. The molecule has 1 N–H and O–H groups in total. The molecule has 1 fully saturated rings. The third-order valence-electron chi connectivity index (χ3n) is 1.83. The van der Waals surface area contributed by atoms with E-state index in [1.165, 1.54) is 15.1 Å². The minimum atomic E-state index is 0.509. The van der Waals surface area contributed by atoms with Gasteiger partial charge in [-0.1, -0.05) is 0 Å². The Kier molecular flexibility index (Phi) is 2.79. The lowest BCUT2D eigenvalue weighted by Gasteiger charge is -2.08. The van der Waals surface area contributed by atoms with E-state index in [1.54, 1.807) is 0 Å². The van der Waals surface area contributed by atoms with Crippen LogP contribution in [0, 0.1) is 0 Å². The second-order valence-corrected chi connectivity index (χ2v) is 5.85. The van der Waals surface area contributed by atoms with Crippen LogP contribution in [0.25, 0.3) is 0 Å². The molecule has 2 atom stereocenters. The van der Waals surface area contributed by atoms with Gasteiger partial charge in [0, 0.05) is 21.1 Å². The number of thiophene rings is 1. The summed E-state index contributed by atoms with van der Waals surface area (Å²) in [5, 5.41) is 6.18. The molecule has 1 nitrogen and oxygen atoms in total. The van der Waals surface area contributed by atoms with Crippen molar-refractivity contribution in [2.24, 2.45) is 0 Å². The molecule has 1 aliphatic rings. The van der Waals surface area contributed by atoms with Crippen molar-refractivity contribution in [1.82, 2.24) is 5.32 Å². The van der Waals surface area contributed by atoms with Crippen molar-refractivity contribution >= 4 is 39.0 Å². The largest absolute Gasteiger partial charge is 0.298 e. The van der Waals surface area contributed by atoms with Crippen LogP contribution in [0.4, 0.5) is 0 Å². The van der Waals surface area contributed by atoms with E-state index >= 15 is 0 Å². The van der Waals surface area contributed by atoms with Crippen LogP contribution in [0.5, 0.6) is 0 Å². The monoisotopic (exact) mass is 263 g/mol. The fourth-order valence-corrected chi connectivity index (χ4v) is 4.49. The Morgan fingerprint density at radius 2 is 2.50 bits per heavy atom. The van der Waals surface area contributed by atoms with E-state index in [0.717, 1.165) is 0 Å². The minimum absolute atomic E-state index is 0.509. The third kappa shape index (κ3) is 1.71. The van der Waals surface area contributed by atoms with Crippen molar-refractivity contribution in [1.29, 1.82) is 0 Å². The molecular formula is C8H10BrNS2. The van der Waals surface area contributed by atoms with Crippen LogP contribution in [0.15, 0.2) is 15.9 Å². The summed E-state index contributed by atoms with van der Waals surface area (Å²) in [5.74, 6) is 1.22. The summed E-state index contributed by atoms with van der Waals surface area (Å²) in [7, 11) is 0. The molecule has 4 heteroatoms.